The van der Waals surface area contributed by atoms with Gasteiger partial charge in [0, 0.05) is 23.7 Å². The highest BCUT2D eigenvalue weighted by Gasteiger charge is 2.71. The summed E-state index contributed by atoms with van der Waals surface area (Å²) in [6.07, 6.45) is 16.2. The van der Waals surface area contributed by atoms with Crippen molar-refractivity contribution in [3.8, 4) is 0 Å². The van der Waals surface area contributed by atoms with E-state index in [-0.39, 0.29) is 33.2 Å². The quantitative estimate of drug-likeness (QED) is 0.304. The zero-order chi connectivity index (χ0) is 27.3. The van der Waals surface area contributed by atoms with Crippen molar-refractivity contribution in [1.82, 2.24) is 9.55 Å². The first-order valence-electron chi connectivity index (χ1n) is 15.4. The summed E-state index contributed by atoms with van der Waals surface area (Å²) in [6, 6.07) is 0. The number of allylic oxidation sites excluding steroid dienone is 1. The molecule has 5 heteroatoms. The number of aliphatic hydroxyl groups excluding tert-OH is 2. The SMILES string of the molecule is C=C(CCl)[C@@H]1CC[C@]2(C(O)n3ccnc3)CC[C@]3(C)[C@H](CC[C@@H]4[C@@]5(C)CC[C@H](O)C(C)(C)[C@@H]5CC[C@]43C)[C@@H]12. The molecule has 0 aliphatic heterocycles. The average molecular weight is 543 g/mol. The molecule has 2 N–H and O–H groups in total. The Bertz CT molecular complexity index is 1070. The van der Waals surface area contributed by atoms with Gasteiger partial charge in [-0.15, -0.1) is 11.6 Å². The second-order valence-corrected chi connectivity index (χ2v) is 15.9. The summed E-state index contributed by atoms with van der Waals surface area (Å²) in [5.74, 6) is 3.12. The van der Waals surface area contributed by atoms with Crippen LogP contribution in [0.25, 0.3) is 0 Å². The van der Waals surface area contributed by atoms with Crippen molar-refractivity contribution in [3.05, 3.63) is 30.9 Å². The predicted octanol–water partition coefficient (Wildman–Crippen LogP) is 7.61. The molecule has 0 aromatic carbocycles. The summed E-state index contributed by atoms with van der Waals surface area (Å²) in [4.78, 5) is 4.29. The van der Waals surface area contributed by atoms with Crippen LogP contribution in [0, 0.1) is 56.7 Å². The molecule has 11 atom stereocenters. The minimum Gasteiger partial charge on any atom is -0.393 e. The Morgan fingerprint density at radius 3 is 2.42 bits per heavy atom. The molecule has 1 aromatic heterocycles. The van der Waals surface area contributed by atoms with Crippen LogP contribution in [0.2, 0.25) is 0 Å². The van der Waals surface area contributed by atoms with E-state index in [2.05, 4.69) is 46.2 Å². The molecule has 0 bridgehead atoms. The molecule has 0 spiro atoms. The van der Waals surface area contributed by atoms with Gasteiger partial charge in [0.15, 0.2) is 0 Å². The Labute approximate surface area is 235 Å². The molecule has 6 rings (SSSR count). The predicted molar refractivity (Wildman–Crippen MR) is 154 cm³/mol. The Morgan fingerprint density at radius 2 is 1.74 bits per heavy atom. The van der Waals surface area contributed by atoms with Crippen LogP contribution >= 0.6 is 11.6 Å². The van der Waals surface area contributed by atoms with E-state index in [1.54, 1.807) is 12.5 Å². The fraction of sp³-hybridized carbons (Fsp3) is 0.848. The second kappa shape index (κ2) is 8.83. The summed E-state index contributed by atoms with van der Waals surface area (Å²) in [6.45, 7) is 17.1. The largest absolute Gasteiger partial charge is 0.393 e. The molecule has 1 heterocycles. The van der Waals surface area contributed by atoms with Crippen LogP contribution in [0.1, 0.15) is 105 Å². The van der Waals surface area contributed by atoms with Gasteiger partial charge < -0.3 is 14.8 Å². The van der Waals surface area contributed by atoms with Crippen LogP contribution < -0.4 is 0 Å². The van der Waals surface area contributed by atoms with E-state index in [1.165, 1.54) is 37.7 Å². The molecule has 38 heavy (non-hydrogen) atoms. The lowest BCUT2D eigenvalue weighted by Gasteiger charge is -2.73. The van der Waals surface area contributed by atoms with Crippen molar-refractivity contribution >= 4 is 11.6 Å². The van der Waals surface area contributed by atoms with Crippen LogP contribution in [0.15, 0.2) is 30.9 Å². The van der Waals surface area contributed by atoms with E-state index in [4.69, 9.17) is 11.6 Å². The molecular weight excluding hydrogens is 492 g/mol. The molecule has 212 valence electrons. The highest BCUT2D eigenvalue weighted by molar-refractivity contribution is 6.19. The maximum atomic E-state index is 12.0. The van der Waals surface area contributed by atoms with Gasteiger partial charge in [0.1, 0.15) is 6.23 Å². The van der Waals surface area contributed by atoms with Crippen LogP contribution in [0.4, 0.5) is 0 Å². The van der Waals surface area contributed by atoms with Crippen molar-refractivity contribution in [2.75, 3.05) is 5.88 Å². The first kappa shape index (κ1) is 27.3. The first-order chi connectivity index (χ1) is 17.9. The number of aromatic nitrogens is 2. The summed E-state index contributed by atoms with van der Waals surface area (Å²) in [5, 5.41) is 23.0. The topological polar surface area (TPSA) is 58.3 Å². The van der Waals surface area contributed by atoms with Crippen LogP contribution in [0.5, 0.6) is 0 Å². The Morgan fingerprint density at radius 1 is 0.974 bits per heavy atom. The van der Waals surface area contributed by atoms with Gasteiger partial charge in [-0.25, -0.2) is 4.98 Å². The minimum atomic E-state index is -0.549. The van der Waals surface area contributed by atoms with Crippen molar-refractivity contribution in [2.45, 2.75) is 111 Å². The lowest BCUT2D eigenvalue weighted by Crippen LogP contribution is -2.67. The van der Waals surface area contributed by atoms with Crippen LogP contribution in [-0.2, 0) is 0 Å². The van der Waals surface area contributed by atoms with Crippen LogP contribution in [0.3, 0.4) is 0 Å². The molecule has 1 unspecified atom stereocenters. The van der Waals surface area contributed by atoms with Gasteiger partial charge in [-0.05, 0) is 115 Å². The van der Waals surface area contributed by atoms with Crippen molar-refractivity contribution in [3.63, 3.8) is 0 Å². The third-order valence-electron chi connectivity index (χ3n) is 14.5. The molecular formula is C33H51ClN2O2. The molecule has 0 radical (unpaired) electrons. The van der Waals surface area contributed by atoms with E-state index in [0.717, 1.165) is 32.1 Å². The van der Waals surface area contributed by atoms with Gasteiger partial charge in [0.2, 0.25) is 0 Å². The Hall–Kier alpha value is -0.840. The lowest BCUT2D eigenvalue weighted by molar-refractivity contribution is -0.257. The monoisotopic (exact) mass is 542 g/mol. The van der Waals surface area contributed by atoms with Gasteiger partial charge >= 0.3 is 0 Å². The van der Waals surface area contributed by atoms with E-state index < -0.39 is 6.23 Å². The Kier molecular flexibility index (Phi) is 6.35. The van der Waals surface area contributed by atoms with Gasteiger partial charge in [0.25, 0.3) is 0 Å². The molecule has 5 fully saturated rings. The molecule has 5 saturated carbocycles. The summed E-state index contributed by atoms with van der Waals surface area (Å²) in [5.41, 5.74) is 1.78. The van der Waals surface area contributed by atoms with E-state index in [0.29, 0.717) is 35.5 Å². The van der Waals surface area contributed by atoms with Crippen molar-refractivity contribution in [2.24, 2.45) is 56.7 Å². The number of hydrogen-bond donors (Lipinski definition) is 2. The van der Waals surface area contributed by atoms with Crippen LogP contribution in [-0.4, -0.2) is 31.7 Å². The summed E-state index contributed by atoms with van der Waals surface area (Å²) < 4.78 is 1.95. The smallest absolute Gasteiger partial charge is 0.137 e. The molecule has 1 aromatic rings. The lowest BCUT2D eigenvalue weighted by atomic mass is 9.32. The van der Waals surface area contributed by atoms with E-state index in [1.807, 2.05) is 10.8 Å². The average Bonchev–Trinajstić information content (AvgIpc) is 3.55. The third-order valence-corrected chi connectivity index (χ3v) is 14.8. The number of alkyl halides is 1. The number of hydrogen-bond acceptors (Lipinski definition) is 3. The highest BCUT2D eigenvalue weighted by Crippen LogP contribution is 2.78. The standard InChI is InChI=1S/C33H51ClN2O2/c1-21(19-34)22-9-14-33(28(38)36-18-17-35-20-36)16-15-31(5)23(27(22)33)7-8-25-30(4)12-11-26(37)29(2,3)24(30)10-13-32(25,31)6/h17-18,20,22-28,37-38H,1,7-16,19H2,2-6H3/t22-,23+,24-,25+,26-,27+,28?,30-,31+,32+,33-/m0/s1. The number of fused-ring (bicyclic) bond motifs is 7. The highest BCUT2D eigenvalue weighted by atomic mass is 35.5. The number of imidazole rings is 1. The molecule has 5 aliphatic rings. The first-order valence-corrected chi connectivity index (χ1v) is 16.0. The zero-order valence-corrected chi connectivity index (χ0v) is 25.2. The molecule has 0 saturated heterocycles. The third kappa shape index (κ3) is 3.32. The maximum Gasteiger partial charge on any atom is 0.137 e. The summed E-state index contributed by atoms with van der Waals surface area (Å²) in [7, 11) is 0. The zero-order valence-electron chi connectivity index (χ0n) is 24.4. The normalized spacial score (nSPS) is 50.3. The van der Waals surface area contributed by atoms with Crippen molar-refractivity contribution in [1.29, 1.82) is 0 Å². The fourth-order valence-corrected chi connectivity index (χ4v) is 12.5. The van der Waals surface area contributed by atoms with Gasteiger partial charge in [-0.2, -0.15) is 0 Å². The van der Waals surface area contributed by atoms with Crippen molar-refractivity contribution < 1.29 is 10.2 Å². The second-order valence-electron chi connectivity index (χ2n) is 15.6. The number of nitrogens with zero attached hydrogens (tertiary/aromatic N) is 2. The Balaban J connectivity index is 1.41. The van der Waals surface area contributed by atoms with E-state index >= 15 is 0 Å². The molecule has 0 amide bonds. The van der Waals surface area contributed by atoms with Gasteiger partial charge in [-0.1, -0.05) is 46.8 Å². The minimum absolute atomic E-state index is 0.0165. The summed E-state index contributed by atoms with van der Waals surface area (Å²) >= 11 is 6.47. The van der Waals surface area contributed by atoms with Gasteiger partial charge in [-0.3, -0.25) is 0 Å². The molecule has 4 nitrogen and oxygen atoms in total. The number of rotatable bonds is 4. The fourth-order valence-electron chi connectivity index (χ4n) is 12.3. The molecule has 5 aliphatic carbocycles. The van der Waals surface area contributed by atoms with E-state index in [9.17, 15) is 10.2 Å². The van der Waals surface area contributed by atoms with Gasteiger partial charge in [0.05, 0.1) is 12.4 Å². The number of halogens is 1. The number of aliphatic hydroxyl groups is 2. The maximum absolute atomic E-state index is 12.0.